The maximum absolute atomic E-state index is 12.5. The molecule has 0 spiro atoms. The van der Waals surface area contributed by atoms with Gasteiger partial charge in [0.05, 0.1) is 7.11 Å². The van der Waals surface area contributed by atoms with Crippen molar-refractivity contribution < 1.29 is 19.1 Å². The van der Waals surface area contributed by atoms with Gasteiger partial charge in [-0.15, -0.1) is 0 Å². The van der Waals surface area contributed by atoms with E-state index in [1.54, 1.807) is 36.4 Å². The molecule has 0 atom stereocenters. The van der Waals surface area contributed by atoms with Crippen molar-refractivity contribution in [2.45, 2.75) is 18.8 Å². The molecule has 3 rings (SSSR count). The summed E-state index contributed by atoms with van der Waals surface area (Å²) in [6, 6.07) is 14.2. The third-order valence-electron chi connectivity index (χ3n) is 4.14. The topological polar surface area (TPSA) is 60.4 Å². The molecule has 0 fully saturated rings. The monoisotopic (exact) mass is 308 g/mol. The molecule has 0 aromatic heterocycles. The fourth-order valence-electron chi connectivity index (χ4n) is 2.87. The first kappa shape index (κ1) is 15.2. The van der Waals surface area contributed by atoms with Crippen molar-refractivity contribution in [2.24, 2.45) is 0 Å². The molecule has 0 unspecified atom stereocenters. The Hall–Kier alpha value is -2.75. The first-order valence-electron chi connectivity index (χ1n) is 7.45. The van der Waals surface area contributed by atoms with Crippen LogP contribution in [-0.2, 0) is 16.0 Å². The van der Waals surface area contributed by atoms with E-state index in [9.17, 15) is 14.4 Å². The molecule has 0 saturated carbocycles. The second kappa shape index (κ2) is 6.16. The number of methoxy groups -OCH3 is 1. The van der Waals surface area contributed by atoms with Crippen LogP contribution in [0.1, 0.15) is 44.2 Å². The third kappa shape index (κ3) is 2.80. The quantitative estimate of drug-likeness (QED) is 0.643. The number of fused-ring (bicyclic) bond motifs is 1. The number of carbonyl (C=O) groups is 3. The number of carbonyl (C=O) groups excluding carboxylic acids is 3. The van der Waals surface area contributed by atoms with Crippen molar-refractivity contribution >= 4 is 17.5 Å². The normalized spacial score (nSPS) is 14.0. The van der Waals surface area contributed by atoms with Gasteiger partial charge in [-0.05, 0) is 17.5 Å². The summed E-state index contributed by atoms with van der Waals surface area (Å²) >= 11 is 0. The molecule has 0 radical (unpaired) electrons. The van der Waals surface area contributed by atoms with Crippen molar-refractivity contribution in [1.82, 2.24) is 0 Å². The van der Waals surface area contributed by atoms with Crippen molar-refractivity contribution in [3.05, 3.63) is 70.8 Å². The predicted molar refractivity (Wildman–Crippen MR) is 84.6 cm³/mol. The van der Waals surface area contributed by atoms with Gasteiger partial charge < -0.3 is 4.74 Å². The molecule has 23 heavy (non-hydrogen) atoms. The molecule has 0 aliphatic heterocycles. The highest BCUT2D eigenvalue weighted by Crippen LogP contribution is 2.33. The van der Waals surface area contributed by atoms with Crippen LogP contribution in [0, 0.1) is 0 Å². The summed E-state index contributed by atoms with van der Waals surface area (Å²) in [5.74, 6) is -1.30. The molecule has 0 heterocycles. The highest BCUT2D eigenvalue weighted by atomic mass is 16.5. The van der Waals surface area contributed by atoms with Crippen LogP contribution in [0.3, 0.4) is 0 Å². The maximum atomic E-state index is 12.5. The number of ketones is 2. The maximum Gasteiger partial charge on any atom is 0.305 e. The van der Waals surface area contributed by atoms with E-state index in [1.165, 1.54) is 7.11 Å². The molecule has 1 aliphatic rings. The first-order valence-corrected chi connectivity index (χ1v) is 7.45. The average molecular weight is 308 g/mol. The molecule has 1 aliphatic carbocycles. The Morgan fingerprint density at radius 1 is 0.957 bits per heavy atom. The van der Waals surface area contributed by atoms with Crippen LogP contribution in [-0.4, -0.2) is 24.6 Å². The SMILES string of the molecule is COC(=O)CCc1ccc(C2C(=O)c3ccccc3C2=O)cc1. The van der Waals surface area contributed by atoms with E-state index in [1.807, 2.05) is 12.1 Å². The van der Waals surface area contributed by atoms with Gasteiger partial charge in [0.2, 0.25) is 0 Å². The van der Waals surface area contributed by atoms with Gasteiger partial charge in [0, 0.05) is 17.5 Å². The number of hydrogen-bond acceptors (Lipinski definition) is 4. The van der Waals surface area contributed by atoms with Crippen LogP contribution >= 0.6 is 0 Å². The third-order valence-corrected chi connectivity index (χ3v) is 4.14. The molecule has 0 saturated heterocycles. The Labute approximate surface area is 134 Å². The molecule has 116 valence electrons. The summed E-state index contributed by atoms with van der Waals surface area (Å²) in [5, 5.41) is 0. The second-order valence-electron chi connectivity index (χ2n) is 5.52. The van der Waals surface area contributed by atoms with E-state index in [0.29, 0.717) is 29.5 Å². The van der Waals surface area contributed by atoms with E-state index < -0.39 is 5.92 Å². The lowest BCUT2D eigenvalue weighted by atomic mass is 9.93. The fourth-order valence-corrected chi connectivity index (χ4v) is 2.87. The summed E-state index contributed by atoms with van der Waals surface area (Å²) < 4.78 is 4.61. The lowest BCUT2D eigenvalue weighted by Gasteiger charge is -2.08. The van der Waals surface area contributed by atoms with Gasteiger partial charge in [0.1, 0.15) is 5.92 Å². The van der Waals surface area contributed by atoms with Crippen molar-refractivity contribution in [3.8, 4) is 0 Å². The largest absolute Gasteiger partial charge is 0.469 e. The van der Waals surface area contributed by atoms with E-state index in [-0.39, 0.29) is 17.5 Å². The predicted octanol–water partition coefficient (Wildman–Crippen LogP) is 2.96. The number of aryl methyl sites for hydroxylation is 1. The van der Waals surface area contributed by atoms with E-state index in [2.05, 4.69) is 4.74 Å². The van der Waals surface area contributed by atoms with Gasteiger partial charge in [-0.2, -0.15) is 0 Å². The van der Waals surface area contributed by atoms with Gasteiger partial charge >= 0.3 is 5.97 Å². The number of benzene rings is 2. The minimum atomic E-state index is -0.748. The van der Waals surface area contributed by atoms with E-state index in [4.69, 9.17) is 0 Å². The molecule has 0 N–H and O–H groups in total. The zero-order valence-corrected chi connectivity index (χ0v) is 12.7. The Morgan fingerprint density at radius 2 is 1.52 bits per heavy atom. The van der Waals surface area contributed by atoms with Crippen molar-refractivity contribution in [3.63, 3.8) is 0 Å². The first-order chi connectivity index (χ1) is 11.1. The Bertz CT molecular complexity index is 739. The molecule has 4 nitrogen and oxygen atoms in total. The highest BCUT2D eigenvalue weighted by Gasteiger charge is 2.39. The highest BCUT2D eigenvalue weighted by molar-refractivity contribution is 6.29. The molecule has 0 amide bonds. The lowest BCUT2D eigenvalue weighted by Crippen LogP contribution is -2.12. The van der Waals surface area contributed by atoms with Gasteiger partial charge in [0.25, 0.3) is 0 Å². The van der Waals surface area contributed by atoms with Gasteiger partial charge in [-0.25, -0.2) is 0 Å². The summed E-state index contributed by atoms with van der Waals surface area (Å²) in [6.07, 6.45) is 0.877. The van der Waals surface area contributed by atoms with Gasteiger partial charge in [0.15, 0.2) is 11.6 Å². The van der Waals surface area contributed by atoms with Crippen LogP contribution < -0.4 is 0 Å². The summed E-state index contributed by atoms with van der Waals surface area (Å²) in [5.41, 5.74) is 2.65. The lowest BCUT2D eigenvalue weighted by molar-refractivity contribution is -0.140. The Morgan fingerprint density at radius 3 is 2.04 bits per heavy atom. The standard InChI is InChI=1S/C19H16O4/c1-23-16(20)11-8-12-6-9-13(10-7-12)17-18(21)14-4-2-3-5-15(14)19(17)22/h2-7,9-10,17H,8,11H2,1H3. The van der Waals surface area contributed by atoms with Crippen LogP contribution in [0.25, 0.3) is 0 Å². The van der Waals surface area contributed by atoms with Gasteiger partial charge in [-0.1, -0.05) is 48.5 Å². The van der Waals surface area contributed by atoms with E-state index >= 15 is 0 Å². The minimum Gasteiger partial charge on any atom is -0.469 e. The van der Waals surface area contributed by atoms with Crippen LogP contribution in [0.15, 0.2) is 48.5 Å². The number of esters is 1. The number of ether oxygens (including phenoxy) is 1. The van der Waals surface area contributed by atoms with Gasteiger partial charge in [-0.3, -0.25) is 14.4 Å². The molecule has 2 aromatic rings. The van der Waals surface area contributed by atoms with Crippen LogP contribution in [0.2, 0.25) is 0 Å². The van der Waals surface area contributed by atoms with E-state index in [0.717, 1.165) is 5.56 Å². The average Bonchev–Trinajstić information content (AvgIpc) is 2.85. The Balaban J connectivity index is 1.80. The molecule has 0 bridgehead atoms. The Kier molecular flexibility index (Phi) is 4.06. The molecule has 2 aromatic carbocycles. The van der Waals surface area contributed by atoms with Crippen LogP contribution in [0.4, 0.5) is 0 Å². The second-order valence-corrected chi connectivity index (χ2v) is 5.52. The van der Waals surface area contributed by atoms with Crippen molar-refractivity contribution in [1.29, 1.82) is 0 Å². The fraction of sp³-hybridized carbons (Fsp3) is 0.211. The summed E-state index contributed by atoms with van der Waals surface area (Å²) in [4.78, 5) is 36.1. The molecule has 4 heteroatoms. The molecular formula is C19H16O4. The zero-order valence-electron chi connectivity index (χ0n) is 12.7. The van der Waals surface area contributed by atoms with Crippen LogP contribution in [0.5, 0.6) is 0 Å². The minimum absolute atomic E-state index is 0.145. The number of Topliss-reactive ketones (excluding diaryl/α,β-unsaturated/α-hetero) is 2. The van der Waals surface area contributed by atoms with Crippen molar-refractivity contribution in [2.75, 3.05) is 7.11 Å². The smallest absolute Gasteiger partial charge is 0.305 e. The summed E-state index contributed by atoms with van der Waals surface area (Å²) in [7, 11) is 1.36. The zero-order chi connectivity index (χ0) is 16.4. The number of rotatable bonds is 4. The number of hydrogen-bond donors (Lipinski definition) is 0. The molecular weight excluding hydrogens is 292 g/mol. The summed E-state index contributed by atoms with van der Waals surface area (Å²) in [6.45, 7) is 0.